The van der Waals surface area contributed by atoms with Crippen LogP contribution in [-0.2, 0) is 16.2 Å². The van der Waals surface area contributed by atoms with Crippen molar-refractivity contribution in [1.82, 2.24) is 10.2 Å². The van der Waals surface area contributed by atoms with Crippen LogP contribution in [-0.4, -0.2) is 44.6 Å². The highest BCUT2D eigenvalue weighted by molar-refractivity contribution is 8.01. The minimum atomic E-state index is -1.08. The van der Waals surface area contributed by atoms with Crippen molar-refractivity contribution in [1.29, 1.82) is 0 Å². The number of thioether (sulfide) groups is 1. The van der Waals surface area contributed by atoms with Crippen molar-refractivity contribution in [3.05, 3.63) is 57.0 Å². The number of anilines is 1. The van der Waals surface area contributed by atoms with E-state index in [1.165, 1.54) is 29.8 Å². The van der Waals surface area contributed by atoms with Crippen molar-refractivity contribution in [2.45, 2.75) is 23.7 Å². The molecule has 34 heavy (non-hydrogen) atoms. The third-order valence-electron chi connectivity index (χ3n) is 4.80. The molecule has 2 N–H and O–H groups in total. The number of halogens is 2. The summed E-state index contributed by atoms with van der Waals surface area (Å²) in [6.07, 6.45) is -0.338. The van der Waals surface area contributed by atoms with E-state index in [1.807, 2.05) is 0 Å². The number of carboxylic acid groups (broad SMARTS) is 1. The molecule has 13 heteroatoms. The fourth-order valence-corrected chi connectivity index (χ4v) is 5.97. The third-order valence-corrected chi connectivity index (χ3v) is 7.66. The van der Waals surface area contributed by atoms with Crippen LogP contribution in [0.4, 0.5) is 5.13 Å². The molecule has 3 aromatic rings. The molecular formula is C21H17Cl2N3O6S2. The van der Waals surface area contributed by atoms with Gasteiger partial charge < -0.3 is 19.7 Å². The molecule has 2 unspecified atom stereocenters. The smallest absolute Gasteiger partial charge is 0.305 e. The number of rotatable bonds is 8. The Morgan fingerprint density at radius 1 is 1.18 bits per heavy atom. The highest BCUT2D eigenvalue weighted by Gasteiger charge is 2.44. The number of ether oxygens (including phenoxy) is 2. The number of methoxy groups -OCH3 is 1. The maximum absolute atomic E-state index is 13.2. The molecule has 1 amide bonds. The molecule has 0 saturated carbocycles. The van der Waals surface area contributed by atoms with Crippen molar-refractivity contribution >= 4 is 63.3 Å². The van der Waals surface area contributed by atoms with Crippen LogP contribution >= 0.6 is 46.3 Å². The molecule has 2 aromatic carbocycles. The number of carbonyl (C=O) groups is 2. The summed E-state index contributed by atoms with van der Waals surface area (Å²) >= 11 is 14.4. The zero-order valence-corrected chi connectivity index (χ0v) is 20.6. The number of carbonyl (C=O) groups excluding carboxylic acids is 1. The van der Waals surface area contributed by atoms with Crippen LogP contribution in [0.2, 0.25) is 10.0 Å². The van der Waals surface area contributed by atoms with Gasteiger partial charge in [-0.3, -0.25) is 14.5 Å². The minimum absolute atomic E-state index is 0.0505. The number of phenols is 1. The van der Waals surface area contributed by atoms with Gasteiger partial charge in [-0.05, 0) is 35.9 Å². The zero-order chi connectivity index (χ0) is 24.4. The first-order valence-corrected chi connectivity index (χ1v) is 12.3. The Morgan fingerprint density at radius 3 is 2.68 bits per heavy atom. The molecule has 4 rings (SSSR count). The zero-order valence-electron chi connectivity index (χ0n) is 17.5. The van der Waals surface area contributed by atoms with Crippen LogP contribution in [0.15, 0.2) is 36.4 Å². The molecule has 0 spiro atoms. The van der Waals surface area contributed by atoms with Gasteiger partial charge in [0.1, 0.15) is 17.7 Å². The Morgan fingerprint density at radius 2 is 1.97 bits per heavy atom. The van der Waals surface area contributed by atoms with Crippen LogP contribution in [0.3, 0.4) is 0 Å². The van der Waals surface area contributed by atoms with Crippen molar-refractivity contribution in [2.24, 2.45) is 0 Å². The standard InChI is InChI=1S/C21H17Cl2N3O6S2/c1-31-15-6-10(2-4-13(15)27)20-26(19(30)16(33-20)8-18(28)29)21-25-24-17(34-21)9-32-14-5-3-11(22)7-12(14)23/h2-7,16,20,27H,8-9H2,1H3,(H,28,29). The maximum atomic E-state index is 13.2. The molecule has 9 nitrogen and oxygen atoms in total. The molecule has 1 aliphatic heterocycles. The van der Waals surface area contributed by atoms with Gasteiger partial charge in [-0.15, -0.1) is 22.0 Å². The summed E-state index contributed by atoms with van der Waals surface area (Å²) in [5, 5.41) is 27.7. The molecule has 1 saturated heterocycles. The normalized spacial score (nSPS) is 17.7. The number of aromatic nitrogens is 2. The second-order valence-corrected chi connectivity index (χ2v) is 10.2. The molecular weight excluding hydrogens is 525 g/mol. The quantitative estimate of drug-likeness (QED) is 0.415. The summed E-state index contributed by atoms with van der Waals surface area (Å²) in [6.45, 7) is 0.0600. The highest BCUT2D eigenvalue weighted by atomic mass is 35.5. The van der Waals surface area contributed by atoms with Gasteiger partial charge in [-0.25, -0.2) is 0 Å². The number of hydrogen-bond donors (Lipinski definition) is 2. The van der Waals surface area contributed by atoms with E-state index in [9.17, 15) is 19.8 Å². The van der Waals surface area contributed by atoms with Crippen LogP contribution in [0.25, 0.3) is 0 Å². The van der Waals surface area contributed by atoms with E-state index in [0.29, 0.717) is 31.5 Å². The molecule has 0 radical (unpaired) electrons. The largest absolute Gasteiger partial charge is 0.504 e. The van der Waals surface area contributed by atoms with Crippen LogP contribution < -0.4 is 14.4 Å². The van der Waals surface area contributed by atoms with Gasteiger partial charge in [0.05, 0.1) is 23.8 Å². The van der Waals surface area contributed by atoms with Gasteiger partial charge in [-0.1, -0.05) is 40.6 Å². The van der Waals surface area contributed by atoms with Crippen LogP contribution in [0.5, 0.6) is 17.2 Å². The highest BCUT2D eigenvalue weighted by Crippen LogP contribution is 2.48. The van der Waals surface area contributed by atoms with E-state index in [2.05, 4.69) is 10.2 Å². The van der Waals surface area contributed by atoms with E-state index < -0.39 is 22.5 Å². The first-order valence-electron chi connectivity index (χ1n) is 9.74. The van der Waals surface area contributed by atoms with Crippen molar-refractivity contribution < 1.29 is 29.3 Å². The fraction of sp³-hybridized carbons (Fsp3) is 0.238. The Balaban J connectivity index is 1.60. The lowest BCUT2D eigenvalue weighted by atomic mass is 10.1. The van der Waals surface area contributed by atoms with Gasteiger partial charge in [0.15, 0.2) is 16.5 Å². The van der Waals surface area contributed by atoms with Gasteiger partial charge >= 0.3 is 5.97 Å². The lowest BCUT2D eigenvalue weighted by Crippen LogP contribution is -2.31. The molecule has 1 aromatic heterocycles. The van der Waals surface area contributed by atoms with Crippen molar-refractivity contribution in [3.63, 3.8) is 0 Å². The van der Waals surface area contributed by atoms with Gasteiger partial charge in [0.25, 0.3) is 0 Å². The second kappa shape index (κ2) is 10.3. The summed E-state index contributed by atoms with van der Waals surface area (Å²) in [6, 6.07) is 9.54. The van der Waals surface area contributed by atoms with Gasteiger partial charge in [-0.2, -0.15) is 0 Å². The first kappa shape index (κ1) is 24.4. The third kappa shape index (κ3) is 5.17. The predicted molar refractivity (Wildman–Crippen MR) is 129 cm³/mol. The predicted octanol–water partition coefficient (Wildman–Crippen LogP) is 4.76. The molecule has 1 fully saturated rings. The number of amides is 1. The number of hydrogen-bond acceptors (Lipinski definition) is 9. The summed E-state index contributed by atoms with van der Waals surface area (Å²) in [4.78, 5) is 25.9. The SMILES string of the molecule is COc1cc(C2SC(CC(=O)O)C(=O)N2c2nnc(COc3ccc(Cl)cc3Cl)s2)ccc1O. The number of aromatic hydroxyl groups is 1. The second-order valence-electron chi connectivity index (χ2n) is 7.06. The Hall–Kier alpha value is -2.73. The molecule has 2 heterocycles. The van der Waals surface area contributed by atoms with E-state index >= 15 is 0 Å². The van der Waals surface area contributed by atoms with Gasteiger partial charge in [0.2, 0.25) is 11.0 Å². The number of aliphatic carboxylic acids is 1. The Kier molecular flexibility index (Phi) is 7.36. The molecule has 0 aliphatic carbocycles. The average Bonchev–Trinajstić information content (AvgIpc) is 3.37. The summed E-state index contributed by atoms with van der Waals surface area (Å²) in [7, 11) is 1.42. The van der Waals surface area contributed by atoms with Crippen LogP contribution in [0.1, 0.15) is 22.4 Å². The summed E-state index contributed by atoms with van der Waals surface area (Å²) < 4.78 is 10.9. The number of carboxylic acids is 1. The number of nitrogens with zero attached hydrogens (tertiary/aromatic N) is 3. The van der Waals surface area contributed by atoms with Crippen molar-refractivity contribution in [3.8, 4) is 17.2 Å². The lowest BCUT2D eigenvalue weighted by Gasteiger charge is -2.21. The van der Waals surface area contributed by atoms with Crippen LogP contribution in [0, 0.1) is 0 Å². The minimum Gasteiger partial charge on any atom is -0.504 e. The molecule has 178 valence electrons. The van der Waals surface area contributed by atoms with E-state index in [4.69, 9.17) is 32.7 Å². The monoisotopic (exact) mass is 541 g/mol. The maximum Gasteiger partial charge on any atom is 0.305 e. The Labute approximate surface area is 212 Å². The number of benzene rings is 2. The van der Waals surface area contributed by atoms with E-state index in [0.717, 1.165) is 11.3 Å². The lowest BCUT2D eigenvalue weighted by molar-refractivity contribution is -0.138. The average molecular weight is 542 g/mol. The molecule has 2 atom stereocenters. The summed E-state index contributed by atoms with van der Waals surface area (Å²) in [5.41, 5.74) is 0.641. The number of phenolic OH excluding ortho intramolecular Hbond substituents is 1. The van der Waals surface area contributed by atoms with E-state index in [-0.39, 0.29) is 24.5 Å². The molecule has 0 bridgehead atoms. The summed E-state index contributed by atoms with van der Waals surface area (Å²) in [5.74, 6) is -0.871. The Bertz CT molecular complexity index is 1240. The van der Waals surface area contributed by atoms with Gasteiger partial charge in [0, 0.05) is 5.02 Å². The van der Waals surface area contributed by atoms with E-state index in [1.54, 1.807) is 30.3 Å². The topological polar surface area (TPSA) is 122 Å². The van der Waals surface area contributed by atoms with Crippen molar-refractivity contribution in [2.75, 3.05) is 12.0 Å². The fourth-order valence-electron chi connectivity index (χ4n) is 3.24. The first-order chi connectivity index (χ1) is 16.3. The molecule has 1 aliphatic rings.